The van der Waals surface area contributed by atoms with Gasteiger partial charge in [0.15, 0.2) is 0 Å². The molecule has 0 aromatic heterocycles. The van der Waals surface area contributed by atoms with Crippen molar-refractivity contribution in [3.8, 4) is 11.1 Å². The summed E-state index contributed by atoms with van der Waals surface area (Å²) in [6, 6.07) is 25.8. The molecule has 0 amide bonds. The van der Waals surface area contributed by atoms with Crippen LogP contribution >= 0.6 is 0 Å². The minimum atomic E-state index is 0.00195. The van der Waals surface area contributed by atoms with Gasteiger partial charge in [-0.25, -0.2) is 0 Å². The predicted octanol–water partition coefficient (Wildman–Crippen LogP) is 5.74. The molecule has 22 heavy (non-hydrogen) atoms. The Hall–Kier alpha value is -2.54. The number of fused-ring (bicyclic) bond motifs is 2. The summed E-state index contributed by atoms with van der Waals surface area (Å²) >= 11 is 0. The summed E-state index contributed by atoms with van der Waals surface area (Å²) in [5, 5.41) is 3.66. The molecule has 108 valence electrons. The summed E-state index contributed by atoms with van der Waals surface area (Å²) in [6.45, 7) is 4.61. The number of anilines is 2. The molecule has 3 aromatic rings. The van der Waals surface area contributed by atoms with Crippen molar-refractivity contribution in [2.45, 2.75) is 19.3 Å². The van der Waals surface area contributed by atoms with Crippen LogP contribution < -0.4 is 5.32 Å². The molecule has 0 radical (unpaired) electrons. The lowest BCUT2D eigenvalue weighted by molar-refractivity contribution is 0.638. The second-order valence-corrected chi connectivity index (χ2v) is 6.39. The molecule has 1 heterocycles. The van der Waals surface area contributed by atoms with Crippen molar-refractivity contribution >= 4 is 11.4 Å². The zero-order valence-electron chi connectivity index (χ0n) is 12.9. The molecule has 1 N–H and O–H groups in total. The first-order chi connectivity index (χ1) is 10.7. The van der Waals surface area contributed by atoms with Crippen molar-refractivity contribution in [1.82, 2.24) is 0 Å². The maximum Gasteiger partial charge on any atom is 0.0505 e. The molecular formula is C21H19N. The van der Waals surface area contributed by atoms with E-state index in [0.29, 0.717) is 0 Å². The van der Waals surface area contributed by atoms with E-state index in [0.717, 1.165) is 0 Å². The van der Waals surface area contributed by atoms with Crippen molar-refractivity contribution in [3.05, 3.63) is 83.9 Å². The smallest absolute Gasteiger partial charge is 0.0505 e. The summed E-state index contributed by atoms with van der Waals surface area (Å²) in [5.41, 5.74) is 7.67. The van der Waals surface area contributed by atoms with E-state index in [2.05, 4.69) is 92.0 Å². The van der Waals surface area contributed by atoms with Crippen LogP contribution in [0.1, 0.15) is 25.0 Å². The predicted molar refractivity (Wildman–Crippen MR) is 93.7 cm³/mol. The van der Waals surface area contributed by atoms with Gasteiger partial charge in [-0.3, -0.25) is 0 Å². The molecule has 0 atom stereocenters. The highest BCUT2D eigenvalue weighted by Crippen LogP contribution is 2.48. The van der Waals surface area contributed by atoms with E-state index >= 15 is 0 Å². The lowest BCUT2D eigenvalue weighted by atomic mass is 9.73. The normalized spacial score (nSPS) is 14.6. The van der Waals surface area contributed by atoms with Crippen molar-refractivity contribution < 1.29 is 0 Å². The standard InChI is InChI=1S/C21H19N/c1-21(2)17-12-6-7-14-19(17)22-20-16(11-8-13-18(20)21)15-9-4-3-5-10-15/h3-14,22H,1-2H3. The number of para-hydroxylation sites is 2. The average molecular weight is 285 g/mol. The molecule has 0 aliphatic carbocycles. The van der Waals surface area contributed by atoms with Gasteiger partial charge in [-0.1, -0.05) is 80.6 Å². The minimum absolute atomic E-state index is 0.00195. The first-order valence-corrected chi connectivity index (χ1v) is 7.73. The number of hydrogen-bond donors (Lipinski definition) is 1. The molecule has 0 spiro atoms. The molecule has 1 heteroatoms. The van der Waals surface area contributed by atoms with Gasteiger partial charge in [0.25, 0.3) is 0 Å². The molecule has 0 fully saturated rings. The topological polar surface area (TPSA) is 12.0 Å². The zero-order chi connectivity index (χ0) is 15.2. The Kier molecular flexibility index (Phi) is 2.83. The quantitative estimate of drug-likeness (QED) is 0.601. The van der Waals surface area contributed by atoms with Crippen LogP contribution in [0.3, 0.4) is 0 Å². The van der Waals surface area contributed by atoms with Crippen molar-refractivity contribution in [3.63, 3.8) is 0 Å². The van der Waals surface area contributed by atoms with Crippen molar-refractivity contribution in [2.24, 2.45) is 0 Å². The Bertz CT molecular complexity index is 832. The fourth-order valence-electron chi connectivity index (χ4n) is 3.48. The van der Waals surface area contributed by atoms with Gasteiger partial charge in [0.1, 0.15) is 0 Å². The molecule has 0 saturated heterocycles. The third kappa shape index (κ3) is 1.86. The average Bonchev–Trinajstić information content (AvgIpc) is 2.55. The summed E-state index contributed by atoms with van der Waals surface area (Å²) in [5.74, 6) is 0. The van der Waals surface area contributed by atoms with Gasteiger partial charge >= 0.3 is 0 Å². The SMILES string of the molecule is CC1(C)c2ccccc2Nc2c(-c3ccccc3)cccc21. The Morgan fingerprint density at radius 1 is 0.682 bits per heavy atom. The Labute approximate surface area is 131 Å². The highest BCUT2D eigenvalue weighted by atomic mass is 14.9. The van der Waals surface area contributed by atoms with E-state index in [-0.39, 0.29) is 5.41 Å². The lowest BCUT2D eigenvalue weighted by Crippen LogP contribution is -2.26. The van der Waals surface area contributed by atoms with Crippen molar-refractivity contribution in [2.75, 3.05) is 5.32 Å². The first kappa shape index (κ1) is 13.1. The van der Waals surface area contributed by atoms with Gasteiger partial charge in [-0.15, -0.1) is 0 Å². The van der Waals surface area contributed by atoms with Crippen LogP contribution in [0.4, 0.5) is 11.4 Å². The molecule has 1 aliphatic rings. The van der Waals surface area contributed by atoms with Gasteiger partial charge in [0.05, 0.1) is 5.69 Å². The number of rotatable bonds is 1. The van der Waals surface area contributed by atoms with Crippen LogP contribution in [0.25, 0.3) is 11.1 Å². The van der Waals surface area contributed by atoms with Crippen molar-refractivity contribution in [1.29, 1.82) is 0 Å². The van der Waals surface area contributed by atoms with Crippen LogP contribution in [-0.2, 0) is 5.41 Å². The largest absolute Gasteiger partial charge is 0.355 e. The lowest BCUT2D eigenvalue weighted by Gasteiger charge is -2.36. The van der Waals surface area contributed by atoms with Crippen LogP contribution in [0.15, 0.2) is 72.8 Å². The van der Waals surface area contributed by atoms with Gasteiger partial charge in [0.2, 0.25) is 0 Å². The van der Waals surface area contributed by atoms with E-state index in [4.69, 9.17) is 0 Å². The van der Waals surface area contributed by atoms with Gasteiger partial charge in [0, 0.05) is 16.7 Å². The fourth-order valence-corrected chi connectivity index (χ4v) is 3.48. The van der Waals surface area contributed by atoms with Crippen LogP contribution in [0, 0.1) is 0 Å². The number of nitrogens with one attached hydrogen (secondary N) is 1. The summed E-state index contributed by atoms with van der Waals surface area (Å²) < 4.78 is 0. The van der Waals surface area contributed by atoms with E-state index in [1.54, 1.807) is 0 Å². The Morgan fingerprint density at radius 3 is 2.18 bits per heavy atom. The molecule has 1 nitrogen and oxygen atoms in total. The Morgan fingerprint density at radius 2 is 1.36 bits per heavy atom. The second-order valence-electron chi connectivity index (χ2n) is 6.39. The molecule has 1 aliphatic heterocycles. The number of benzene rings is 3. The van der Waals surface area contributed by atoms with Crippen LogP contribution in [0.2, 0.25) is 0 Å². The molecule has 0 unspecified atom stereocenters. The maximum atomic E-state index is 3.66. The second kappa shape index (κ2) is 4.74. The molecular weight excluding hydrogens is 266 g/mol. The summed E-state index contributed by atoms with van der Waals surface area (Å²) in [7, 11) is 0. The summed E-state index contributed by atoms with van der Waals surface area (Å²) in [6.07, 6.45) is 0. The highest BCUT2D eigenvalue weighted by Gasteiger charge is 2.33. The van der Waals surface area contributed by atoms with E-state index in [9.17, 15) is 0 Å². The van der Waals surface area contributed by atoms with Gasteiger partial charge < -0.3 is 5.32 Å². The monoisotopic (exact) mass is 285 g/mol. The molecule has 0 saturated carbocycles. The van der Waals surface area contributed by atoms with E-state index in [1.165, 1.54) is 33.6 Å². The molecule has 4 rings (SSSR count). The molecule has 0 bridgehead atoms. The fraction of sp³-hybridized carbons (Fsp3) is 0.143. The van der Waals surface area contributed by atoms with Gasteiger partial charge in [-0.05, 0) is 22.8 Å². The maximum absolute atomic E-state index is 3.66. The van der Waals surface area contributed by atoms with E-state index in [1.807, 2.05) is 0 Å². The zero-order valence-corrected chi connectivity index (χ0v) is 12.9. The van der Waals surface area contributed by atoms with Crippen LogP contribution in [-0.4, -0.2) is 0 Å². The van der Waals surface area contributed by atoms with E-state index < -0.39 is 0 Å². The molecule has 3 aromatic carbocycles. The van der Waals surface area contributed by atoms with Gasteiger partial charge in [-0.2, -0.15) is 0 Å². The minimum Gasteiger partial charge on any atom is -0.355 e. The Balaban J connectivity index is 1.97. The summed E-state index contributed by atoms with van der Waals surface area (Å²) in [4.78, 5) is 0. The first-order valence-electron chi connectivity index (χ1n) is 7.73. The third-order valence-electron chi connectivity index (χ3n) is 4.68. The van der Waals surface area contributed by atoms with Crippen LogP contribution in [0.5, 0.6) is 0 Å². The number of hydrogen-bond acceptors (Lipinski definition) is 1. The third-order valence-corrected chi connectivity index (χ3v) is 4.68. The highest BCUT2D eigenvalue weighted by molar-refractivity contribution is 5.88.